The summed E-state index contributed by atoms with van der Waals surface area (Å²) in [5.74, 6) is 0. The minimum atomic E-state index is 0.00868. The lowest BCUT2D eigenvalue weighted by Crippen LogP contribution is -2.42. The Balaban J connectivity index is 2.41. The lowest BCUT2D eigenvalue weighted by molar-refractivity contribution is 0.00944. The normalized spacial score (nSPS) is 33.0. The summed E-state index contributed by atoms with van der Waals surface area (Å²) in [4.78, 5) is 0. The fourth-order valence-electron chi connectivity index (χ4n) is 1.35. The van der Waals surface area contributed by atoms with Crippen molar-refractivity contribution in [3.63, 3.8) is 0 Å². The average molecular weight is 143 g/mol. The molecule has 0 saturated carbocycles. The summed E-state index contributed by atoms with van der Waals surface area (Å²) < 4.78 is 5.38. The van der Waals surface area contributed by atoms with Crippen LogP contribution in [0.5, 0.6) is 0 Å². The minimum Gasteiger partial charge on any atom is -0.375 e. The highest BCUT2D eigenvalue weighted by Gasteiger charge is 2.33. The zero-order valence-electron chi connectivity index (χ0n) is 6.68. The van der Waals surface area contributed by atoms with E-state index >= 15 is 0 Å². The van der Waals surface area contributed by atoms with E-state index in [2.05, 4.69) is 10.6 Å². The summed E-state index contributed by atoms with van der Waals surface area (Å²) in [5.41, 5.74) is 0.00868. The molecule has 1 aliphatic heterocycles. The molecule has 0 aromatic rings. The molecular weight excluding hydrogens is 128 g/mol. The van der Waals surface area contributed by atoms with E-state index < -0.39 is 0 Å². The molecule has 1 N–H and O–H groups in total. The predicted molar refractivity (Wildman–Crippen MR) is 40.2 cm³/mol. The standard InChI is InChI=1S/C7H15N2O/c1-8-5-7(10-2)3-4-9-6-7/h8H,3-6H2,1-2H3. The highest BCUT2D eigenvalue weighted by molar-refractivity contribution is 4.90. The molecule has 3 nitrogen and oxygen atoms in total. The van der Waals surface area contributed by atoms with E-state index in [1.165, 1.54) is 0 Å². The van der Waals surface area contributed by atoms with Gasteiger partial charge in [0.15, 0.2) is 0 Å². The molecule has 1 unspecified atom stereocenters. The molecule has 0 bridgehead atoms. The summed E-state index contributed by atoms with van der Waals surface area (Å²) in [6.07, 6.45) is 1.06. The van der Waals surface area contributed by atoms with Gasteiger partial charge < -0.3 is 10.1 Å². The molecule has 1 heterocycles. The average Bonchev–Trinajstić information content (AvgIpc) is 2.39. The second kappa shape index (κ2) is 3.32. The third-order valence-corrected chi connectivity index (χ3v) is 2.06. The molecule has 0 spiro atoms. The van der Waals surface area contributed by atoms with Crippen molar-refractivity contribution in [1.29, 1.82) is 0 Å². The maximum atomic E-state index is 5.38. The Morgan fingerprint density at radius 3 is 2.90 bits per heavy atom. The molecule has 0 amide bonds. The number of nitrogens with zero attached hydrogens (tertiary/aromatic N) is 1. The Kier molecular flexibility index (Phi) is 2.65. The maximum Gasteiger partial charge on any atom is 0.0955 e. The molecule has 1 radical (unpaired) electrons. The van der Waals surface area contributed by atoms with Gasteiger partial charge in [0, 0.05) is 26.7 Å². The van der Waals surface area contributed by atoms with E-state index in [9.17, 15) is 0 Å². The van der Waals surface area contributed by atoms with Crippen LogP contribution >= 0.6 is 0 Å². The Morgan fingerprint density at radius 1 is 1.70 bits per heavy atom. The third-order valence-electron chi connectivity index (χ3n) is 2.06. The Labute approximate surface area is 62.1 Å². The zero-order chi connectivity index (χ0) is 7.45. The van der Waals surface area contributed by atoms with Crippen molar-refractivity contribution >= 4 is 0 Å². The number of likely N-dealkylation sites (N-methyl/N-ethyl adjacent to an activating group) is 1. The molecule has 1 saturated heterocycles. The van der Waals surface area contributed by atoms with E-state index in [1.807, 2.05) is 7.05 Å². The van der Waals surface area contributed by atoms with Crippen LogP contribution in [0.4, 0.5) is 0 Å². The Morgan fingerprint density at radius 2 is 2.50 bits per heavy atom. The van der Waals surface area contributed by atoms with Gasteiger partial charge in [-0.25, -0.2) is 5.32 Å². The summed E-state index contributed by atoms with van der Waals surface area (Å²) >= 11 is 0. The van der Waals surface area contributed by atoms with Gasteiger partial charge in [0.1, 0.15) is 0 Å². The summed E-state index contributed by atoms with van der Waals surface area (Å²) in [5, 5.41) is 7.38. The molecular formula is C7H15N2O. The topological polar surface area (TPSA) is 35.4 Å². The zero-order valence-corrected chi connectivity index (χ0v) is 6.68. The van der Waals surface area contributed by atoms with E-state index in [0.717, 1.165) is 26.1 Å². The van der Waals surface area contributed by atoms with Gasteiger partial charge in [-0.2, -0.15) is 0 Å². The van der Waals surface area contributed by atoms with Crippen molar-refractivity contribution in [2.24, 2.45) is 0 Å². The van der Waals surface area contributed by atoms with Crippen LogP contribution in [0.1, 0.15) is 6.42 Å². The molecule has 0 aromatic heterocycles. The lowest BCUT2D eigenvalue weighted by atomic mass is 10.0. The first-order valence-electron chi connectivity index (χ1n) is 3.66. The second-order valence-electron chi connectivity index (χ2n) is 2.77. The van der Waals surface area contributed by atoms with Crippen LogP contribution in [-0.2, 0) is 4.74 Å². The van der Waals surface area contributed by atoms with Crippen molar-refractivity contribution in [2.45, 2.75) is 12.0 Å². The SMILES string of the molecule is CNCC1(OC)CC[N]C1. The molecule has 1 rings (SSSR count). The largest absolute Gasteiger partial charge is 0.375 e. The van der Waals surface area contributed by atoms with E-state index in [4.69, 9.17) is 4.74 Å². The van der Waals surface area contributed by atoms with Crippen LogP contribution in [0.15, 0.2) is 0 Å². The minimum absolute atomic E-state index is 0.00868. The fraction of sp³-hybridized carbons (Fsp3) is 1.00. The van der Waals surface area contributed by atoms with Crippen LogP contribution < -0.4 is 10.6 Å². The van der Waals surface area contributed by atoms with E-state index in [-0.39, 0.29) is 5.60 Å². The smallest absolute Gasteiger partial charge is 0.0955 e. The van der Waals surface area contributed by atoms with Crippen molar-refractivity contribution in [2.75, 3.05) is 33.8 Å². The van der Waals surface area contributed by atoms with Crippen LogP contribution in [0.2, 0.25) is 0 Å². The van der Waals surface area contributed by atoms with Crippen molar-refractivity contribution in [3.05, 3.63) is 0 Å². The second-order valence-corrected chi connectivity index (χ2v) is 2.77. The quantitative estimate of drug-likeness (QED) is 0.583. The van der Waals surface area contributed by atoms with Gasteiger partial charge in [-0.05, 0) is 13.5 Å². The van der Waals surface area contributed by atoms with Crippen LogP contribution in [0.25, 0.3) is 0 Å². The first kappa shape index (κ1) is 7.98. The van der Waals surface area contributed by atoms with E-state index in [0.29, 0.717) is 0 Å². The van der Waals surface area contributed by atoms with Gasteiger partial charge in [-0.3, -0.25) is 0 Å². The summed E-state index contributed by atoms with van der Waals surface area (Å²) in [6, 6.07) is 0. The van der Waals surface area contributed by atoms with Crippen LogP contribution in [-0.4, -0.2) is 39.4 Å². The lowest BCUT2D eigenvalue weighted by Gasteiger charge is -2.25. The Hall–Kier alpha value is -0.120. The highest BCUT2D eigenvalue weighted by Crippen LogP contribution is 2.18. The van der Waals surface area contributed by atoms with Crippen LogP contribution in [0.3, 0.4) is 0 Å². The Bertz CT molecular complexity index is 99.8. The number of hydrogen-bond donors (Lipinski definition) is 1. The molecule has 1 atom stereocenters. The van der Waals surface area contributed by atoms with Gasteiger partial charge in [-0.1, -0.05) is 0 Å². The third kappa shape index (κ3) is 1.48. The number of methoxy groups -OCH3 is 1. The van der Waals surface area contributed by atoms with Gasteiger partial charge >= 0.3 is 0 Å². The van der Waals surface area contributed by atoms with E-state index in [1.54, 1.807) is 7.11 Å². The van der Waals surface area contributed by atoms with Crippen molar-refractivity contribution < 1.29 is 4.74 Å². The molecule has 59 valence electrons. The molecule has 1 fully saturated rings. The molecule has 3 heteroatoms. The highest BCUT2D eigenvalue weighted by atomic mass is 16.5. The maximum absolute atomic E-state index is 5.38. The predicted octanol–water partition coefficient (Wildman–Crippen LogP) is -0.401. The monoisotopic (exact) mass is 143 g/mol. The fourth-order valence-corrected chi connectivity index (χ4v) is 1.35. The molecule has 1 aliphatic rings. The summed E-state index contributed by atoms with van der Waals surface area (Å²) in [7, 11) is 3.71. The van der Waals surface area contributed by atoms with Crippen molar-refractivity contribution in [3.8, 4) is 0 Å². The first-order valence-corrected chi connectivity index (χ1v) is 3.66. The number of nitrogens with one attached hydrogen (secondary N) is 1. The summed E-state index contributed by atoms with van der Waals surface area (Å²) in [6.45, 7) is 2.72. The number of rotatable bonds is 3. The first-order chi connectivity index (χ1) is 4.83. The number of ether oxygens (including phenoxy) is 1. The van der Waals surface area contributed by atoms with Crippen molar-refractivity contribution in [1.82, 2.24) is 10.6 Å². The van der Waals surface area contributed by atoms with Gasteiger partial charge in [-0.15, -0.1) is 0 Å². The van der Waals surface area contributed by atoms with Gasteiger partial charge in [0.2, 0.25) is 0 Å². The molecule has 0 aromatic carbocycles. The molecule has 0 aliphatic carbocycles. The number of hydrogen-bond acceptors (Lipinski definition) is 2. The van der Waals surface area contributed by atoms with Crippen LogP contribution in [0, 0.1) is 0 Å². The van der Waals surface area contributed by atoms with Gasteiger partial charge in [0.25, 0.3) is 0 Å². The van der Waals surface area contributed by atoms with Gasteiger partial charge in [0.05, 0.1) is 5.60 Å². The molecule has 10 heavy (non-hydrogen) atoms.